The van der Waals surface area contributed by atoms with Gasteiger partial charge in [-0.1, -0.05) is 34.5 Å². The minimum Gasteiger partial charge on any atom is -0.469 e. The van der Waals surface area contributed by atoms with Gasteiger partial charge in [0.1, 0.15) is 0 Å². The van der Waals surface area contributed by atoms with Crippen LogP contribution in [0.1, 0.15) is 38.2 Å². The van der Waals surface area contributed by atoms with Crippen molar-refractivity contribution in [2.45, 2.75) is 44.1 Å². The molecular weight excluding hydrogens is 334 g/mol. The maximum Gasteiger partial charge on any atom is 0.307 e. The number of amides is 1. The van der Waals surface area contributed by atoms with E-state index >= 15 is 0 Å². The van der Waals surface area contributed by atoms with E-state index in [1.54, 1.807) is 0 Å². The fourth-order valence-corrected chi connectivity index (χ4v) is 2.96. The van der Waals surface area contributed by atoms with E-state index in [1.165, 1.54) is 7.11 Å². The van der Waals surface area contributed by atoms with Gasteiger partial charge in [-0.2, -0.15) is 0 Å². The number of nitrogens with one attached hydrogen (secondary N) is 1. The normalized spacial score (nSPS) is 17.5. The predicted molar refractivity (Wildman–Crippen MR) is 83.9 cm³/mol. The molecule has 0 heterocycles. The lowest BCUT2D eigenvalue weighted by Crippen LogP contribution is -2.51. The number of carbonyl (C=O) groups excluding carboxylic acids is 2. The number of carbonyl (C=O) groups is 2. The standard InChI is InChI=1S/C16H20BrNO3/c1-11(10-14(19)21-2)18-15(20)16(8-3-9-16)12-4-6-13(17)7-5-12/h4-7,11H,3,8-10H2,1-2H3,(H,18,20). The molecule has 0 radical (unpaired) electrons. The largest absolute Gasteiger partial charge is 0.469 e. The first-order chi connectivity index (χ1) is 9.98. The number of rotatable bonds is 5. The molecule has 5 heteroatoms. The van der Waals surface area contributed by atoms with E-state index in [-0.39, 0.29) is 24.3 Å². The Morgan fingerprint density at radius 3 is 2.43 bits per heavy atom. The summed E-state index contributed by atoms with van der Waals surface area (Å²) < 4.78 is 5.63. The number of hydrogen-bond acceptors (Lipinski definition) is 3. The van der Waals surface area contributed by atoms with E-state index in [1.807, 2.05) is 31.2 Å². The Morgan fingerprint density at radius 2 is 1.95 bits per heavy atom. The molecule has 1 aliphatic rings. The predicted octanol–water partition coefficient (Wildman–Crippen LogP) is 2.94. The molecular formula is C16H20BrNO3. The van der Waals surface area contributed by atoms with Crippen LogP contribution in [0.15, 0.2) is 28.7 Å². The molecule has 114 valence electrons. The fraction of sp³-hybridized carbons (Fsp3) is 0.500. The quantitative estimate of drug-likeness (QED) is 0.828. The molecule has 0 bridgehead atoms. The lowest BCUT2D eigenvalue weighted by Gasteiger charge is -2.41. The van der Waals surface area contributed by atoms with Crippen LogP contribution >= 0.6 is 15.9 Å². The van der Waals surface area contributed by atoms with Crippen LogP contribution in [0.3, 0.4) is 0 Å². The summed E-state index contributed by atoms with van der Waals surface area (Å²) in [6.45, 7) is 1.82. The van der Waals surface area contributed by atoms with Crippen LogP contribution in [-0.2, 0) is 19.7 Å². The lowest BCUT2D eigenvalue weighted by molar-refractivity contribution is -0.141. The molecule has 1 aromatic rings. The van der Waals surface area contributed by atoms with Crippen molar-refractivity contribution >= 4 is 27.8 Å². The topological polar surface area (TPSA) is 55.4 Å². The first-order valence-electron chi connectivity index (χ1n) is 7.12. The van der Waals surface area contributed by atoms with E-state index in [2.05, 4.69) is 26.0 Å². The van der Waals surface area contributed by atoms with Gasteiger partial charge in [0, 0.05) is 10.5 Å². The number of hydrogen-bond donors (Lipinski definition) is 1. The number of ether oxygens (including phenoxy) is 1. The maximum atomic E-state index is 12.6. The molecule has 1 amide bonds. The van der Waals surface area contributed by atoms with Crippen LogP contribution in [0.25, 0.3) is 0 Å². The third-order valence-electron chi connectivity index (χ3n) is 4.12. The zero-order chi connectivity index (χ0) is 15.5. The van der Waals surface area contributed by atoms with Gasteiger partial charge in [-0.05, 0) is 37.5 Å². The summed E-state index contributed by atoms with van der Waals surface area (Å²) in [5.74, 6) is -0.304. The second-order valence-corrected chi connectivity index (χ2v) is 6.51. The van der Waals surface area contributed by atoms with Gasteiger partial charge in [0.2, 0.25) is 5.91 Å². The van der Waals surface area contributed by atoms with Crippen LogP contribution in [0.4, 0.5) is 0 Å². The van der Waals surface area contributed by atoms with Gasteiger partial charge in [0.05, 0.1) is 18.9 Å². The second-order valence-electron chi connectivity index (χ2n) is 5.60. The van der Waals surface area contributed by atoms with Crippen molar-refractivity contribution in [3.8, 4) is 0 Å². The highest BCUT2D eigenvalue weighted by molar-refractivity contribution is 9.10. The molecule has 4 nitrogen and oxygen atoms in total. The van der Waals surface area contributed by atoms with Gasteiger partial charge in [0.25, 0.3) is 0 Å². The second kappa shape index (κ2) is 6.60. The molecule has 1 atom stereocenters. The van der Waals surface area contributed by atoms with E-state index in [4.69, 9.17) is 0 Å². The highest BCUT2D eigenvalue weighted by Crippen LogP contribution is 2.44. The summed E-state index contributed by atoms with van der Waals surface area (Å²) in [7, 11) is 1.35. The highest BCUT2D eigenvalue weighted by Gasteiger charge is 2.45. The molecule has 1 saturated carbocycles. The minimum absolute atomic E-state index is 0.00692. The zero-order valence-electron chi connectivity index (χ0n) is 12.3. The van der Waals surface area contributed by atoms with Gasteiger partial charge in [-0.15, -0.1) is 0 Å². The van der Waals surface area contributed by atoms with Crippen molar-refractivity contribution in [2.24, 2.45) is 0 Å². The Kier molecular flexibility index (Phi) is 5.04. The molecule has 1 unspecified atom stereocenters. The third kappa shape index (κ3) is 3.46. The van der Waals surface area contributed by atoms with Crippen molar-refractivity contribution in [3.05, 3.63) is 34.3 Å². The molecule has 21 heavy (non-hydrogen) atoms. The highest BCUT2D eigenvalue weighted by atomic mass is 79.9. The first kappa shape index (κ1) is 16.0. The summed E-state index contributed by atoms with van der Waals surface area (Å²) in [6.07, 6.45) is 2.95. The van der Waals surface area contributed by atoms with E-state index < -0.39 is 5.41 Å². The first-order valence-corrected chi connectivity index (χ1v) is 7.91. The average Bonchev–Trinajstić information content (AvgIpc) is 2.39. The Balaban J connectivity index is 2.08. The third-order valence-corrected chi connectivity index (χ3v) is 4.65. The van der Waals surface area contributed by atoms with Gasteiger partial charge < -0.3 is 10.1 Å². The molecule has 1 N–H and O–H groups in total. The van der Waals surface area contributed by atoms with E-state index in [9.17, 15) is 9.59 Å². The van der Waals surface area contributed by atoms with Gasteiger partial charge >= 0.3 is 5.97 Å². The summed E-state index contributed by atoms with van der Waals surface area (Å²) in [4.78, 5) is 23.9. The van der Waals surface area contributed by atoms with Crippen LogP contribution in [0.5, 0.6) is 0 Å². The molecule has 0 spiro atoms. The fourth-order valence-electron chi connectivity index (χ4n) is 2.69. The van der Waals surface area contributed by atoms with Gasteiger partial charge in [-0.25, -0.2) is 0 Å². The summed E-state index contributed by atoms with van der Waals surface area (Å²) in [5.41, 5.74) is 0.602. The summed E-state index contributed by atoms with van der Waals surface area (Å²) in [5, 5.41) is 2.95. The molecule has 0 aliphatic heterocycles. The van der Waals surface area contributed by atoms with Crippen molar-refractivity contribution in [1.29, 1.82) is 0 Å². The summed E-state index contributed by atoms with van der Waals surface area (Å²) >= 11 is 3.41. The van der Waals surface area contributed by atoms with Gasteiger partial charge in [-0.3, -0.25) is 9.59 Å². The maximum absolute atomic E-state index is 12.6. The van der Waals surface area contributed by atoms with Crippen molar-refractivity contribution in [2.75, 3.05) is 7.11 Å². The average molecular weight is 354 g/mol. The number of esters is 1. The number of benzene rings is 1. The SMILES string of the molecule is COC(=O)CC(C)NC(=O)C1(c2ccc(Br)cc2)CCC1. The Labute approximate surface area is 133 Å². The van der Waals surface area contributed by atoms with Crippen LogP contribution in [0, 0.1) is 0 Å². The van der Waals surface area contributed by atoms with Crippen molar-refractivity contribution in [3.63, 3.8) is 0 Å². The van der Waals surface area contributed by atoms with Crippen LogP contribution in [-0.4, -0.2) is 25.0 Å². The minimum atomic E-state index is -0.439. The van der Waals surface area contributed by atoms with Gasteiger partial charge in [0.15, 0.2) is 0 Å². The molecule has 1 aromatic carbocycles. The summed E-state index contributed by atoms with van der Waals surface area (Å²) in [6, 6.07) is 7.68. The van der Waals surface area contributed by atoms with Crippen molar-refractivity contribution in [1.82, 2.24) is 5.32 Å². The lowest BCUT2D eigenvalue weighted by atomic mass is 9.63. The molecule has 1 aliphatic carbocycles. The number of halogens is 1. The monoisotopic (exact) mass is 353 g/mol. The van der Waals surface area contributed by atoms with Crippen molar-refractivity contribution < 1.29 is 14.3 Å². The van der Waals surface area contributed by atoms with E-state index in [0.29, 0.717) is 0 Å². The Bertz CT molecular complexity index is 523. The van der Waals surface area contributed by atoms with Crippen LogP contribution in [0.2, 0.25) is 0 Å². The van der Waals surface area contributed by atoms with E-state index in [0.717, 1.165) is 29.3 Å². The molecule has 0 saturated heterocycles. The zero-order valence-corrected chi connectivity index (χ0v) is 13.9. The Morgan fingerprint density at radius 1 is 1.33 bits per heavy atom. The molecule has 1 fully saturated rings. The number of methoxy groups -OCH3 is 1. The Hall–Kier alpha value is -1.36. The smallest absolute Gasteiger partial charge is 0.307 e. The van der Waals surface area contributed by atoms with Crippen LogP contribution < -0.4 is 5.32 Å². The molecule has 2 rings (SSSR count). The molecule has 0 aromatic heterocycles.